The van der Waals surface area contributed by atoms with Gasteiger partial charge in [0.2, 0.25) is 0 Å². The number of nitrogens with two attached hydrogens (primary N) is 1. The fourth-order valence-electron chi connectivity index (χ4n) is 2.31. The number of nitrogen functional groups attached to an aromatic ring is 1. The van der Waals surface area contributed by atoms with Crippen LogP contribution in [0.4, 0.5) is 5.82 Å². The standard InChI is InChI=1S/C16H21N3O/c1-3-11(4-2)9-19-16(20)14-10-18-15(17)13-8-6-5-7-12(13)14/h5-8,10-11H,3-4,9H2,1-2H3,(H2,17,18)(H,19,20). The van der Waals surface area contributed by atoms with Crippen molar-refractivity contribution in [2.75, 3.05) is 12.3 Å². The zero-order chi connectivity index (χ0) is 14.5. The number of benzene rings is 1. The number of nitrogens with one attached hydrogen (secondary N) is 1. The van der Waals surface area contributed by atoms with E-state index in [0.29, 0.717) is 23.8 Å². The summed E-state index contributed by atoms with van der Waals surface area (Å²) < 4.78 is 0. The summed E-state index contributed by atoms with van der Waals surface area (Å²) in [7, 11) is 0. The number of nitrogens with zero attached hydrogens (tertiary/aromatic N) is 1. The molecule has 0 fully saturated rings. The molecule has 0 radical (unpaired) electrons. The fourth-order valence-corrected chi connectivity index (χ4v) is 2.31. The second kappa shape index (κ2) is 6.37. The molecule has 0 aliphatic heterocycles. The average molecular weight is 271 g/mol. The molecule has 4 nitrogen and oxygen atoms in total. The maximum absolute atomic E-state index is 12.3. The summed E-state index contributed by atoms with van der Waals surface area (Å²) in [5.74, 6) is 0.893. The number of fused-ring (bicyclic) bond motifs is 1. The summed E-state index contributed by atoms with van der Waals surface area (Å²) in [5, 5.41) is 4.66. The van der Waals surface area contributed by atoms with Crippen LogP contribution < -0.4 is 11.1 Å². The monoisotopic (exact) mass is 271 g/mol. The lowest BCUT2D eigenvalue weighted by atomic mass is 10.0. The van der Waals surface area contributed by atoms with E-state index in [4.69, 9.17) is 5.73 Å². The van der Waals surface area contributed by atoms with Gasteiger partial charge in [-0.2, -0.15) is 0 Å². The van der Waals surface area contributed by atoms with Crippen molar-refractivity contribution in [3.05, 3.63) is 36.0 Å². The Bertz CT molecular complexity index is 606. The van der Waals surface area contributed by atoms with Crippen molar-refractivity contribution in [3.8, 4) is 0 Å². The molecule has 20 heavy (non-hydrogen) atoms. The lowest BCUT2D eigenvalue weighted by molar-refractivity contribution is 0.0948. The summed E-state index contributed by atoms with van der Waals surface area (Å²) >= 11 is 0. The summed E-state index contributed by atoms with van der Waals surface area (Å²) in [6.07, 6.45) is 3.69. The van der Waals surface area contributed by atoms with Gasteiger partial charge in [0.05, 0.1) is 5.56 Å². The van der Waals surface area contributed by atoms with Crippen LogP contribution in [0.15, 0.2) is 30.5 Å². The Morgan fingerprint density at radius 2 is 1.90 bits per heavy atom. The first-order valence-electron chi connectivity index (χ1n) is 7.08. The van der Waals surface area contributed by atoms with E-state index in [-0.39, 0.29) is 5.91 Å². The van der Waals surface area contributed by atoms with Gasteiger partial charge in [-0.1, -0.05) is 51.0 Å². The van der Waals surface area contributed by atoms with Crippen molar-refractivity contribution in [2.24, 2.45) is 5.92 Å². The highest BCUT2D eigenvalue weighted by Crippen LogP contribution is 2.22. The molecule has 0 saturated carbocycles. The molecule has 1 aromatic carbocycles. The Balaban J connectivity index is 2.25. The highest BCUT2D eigenvalue weighted by molar-refractivity contribution is 6.08. The first-order valence-corrected chi connectivity index (χ1v) is 7.08. The minimum atomic E-state index is -0.0828. The van der Waals surface area contributed by atoms with E-state index in [0.717, 1.165) is 23.6 Å². The average Bonchev–Trinajstić information content (AvgIpc) is 2.48. The third kappa shape index (κ3) is 2.90. The van der Waals surface area contributed by atoms with Gasteiger partial charge < -0.3 is 11.1 Å². The molecule has 1 amide bonds. The van der Waals surface area contributed by atoms with Crippen LogP contribution in [-0.4, -0.2) is 17.4 Å². The van der Waals surface area contributed by atoms with Gasteiger partial charge in [0.15, 0.2) is 0 Å². The van der Waals surface area contributed by atoms with Gasteiger partial charge in [-0.25, -0.2) is 4.98 Å². The van der Waals surface area contributed by atoms with Crippen LogP contribution in [0.2, 0.25) is 0 Å². The maximum Gasteiger partial charge on any atom is 0.253 e. The number of hydrogen-bond acceptors (Lipinski definition) is 3. The molecule has 0 spiro atoms. The minimum Gasteiger partial charge on any atom is -0.383 e. The first-order chi connectivity index (χ1) is 9.67. The van der Waals surface area contributed by atoms with Gasteiger partial charge in [-0.3, -0.25) is 4.79 Å². The van der Waals surface area contributed by atoms with Crippen molar-refractivity contribution in [2.45, 2.75) is 26.7 Å². The number of amides is 1. The van der Waals surface area contributed by atoms with Crippen LogP contribution in [0, 0.1) is 5.92 Å². The minimum absolute atomic E-state index is 0.0828. The molecule has 0 bridgehead atoms. The van der Waals surface area contributed by atoms with Crippen LogP contribution in [-0.2, 0) is 0 Å². The lowest BCUT2D eigenvalue weighted by Gasteiger charge is -2.14. The molecule has 1 heterocycles. The molecule has 0 atom stereocenters. The Morgan fingerprint density at radius 3 is 2.55 bits per heavy atom. The van der Waals surface area contributed by atoms with Crippen molar-refractivity contribution in [1.82, 2.24) is 10.3 Å². The van der Waals surface area contributed by atoms with E-state index in [1.807, 2.05) is 24.3 Å². The van der Waals surface area contributed by atoms with Crippen LogP contribution in [0.5, 0.6) is 0 Å². The highest BCUT2D eigenvalue weighted by Gasteiger charge is 2.13. The van der Waals surface area contributed by atoms with Gasteiger partial charge in [0.1, 0.15) is 5.82 Å². The summed E-state index contributed by atoms with van der Waals surface area (Å²) in [5.41, 5.74) is 6.43. The number of anilines is 1. The second-order valence-electron chi connectivity index (χ2n) is 5.00. The van der Waals surface area contributed by atoms with Gasteiger partial charge in [-0.05, 0) is 11.3 Å². The summed E-state index contributed by atoms with van der Waals surface area (Å²) in [4.78, 5) is 16.4. The van der Waals surface area contributed by atoms with Gasteiger partial charge >= 0.3 is 0 Å². The zero-order valence-electron chi connectivity index (χ0n) is 12.0. The van der Waals surface area contributed by atoms with E-state index in [1.165, 1.54) is 0 Å². The number of carbonyl (C=O) groups excluding carboxylic acids is 1. The fraction of sp³-hybridized carbons (Fsp3) is 0.375. The van der Waals surface area contributed by atoms with Crippen LogP contribution in [0.25, 0.3) is 10.8 Å². The molecule has 0 aliphatic carbocycles. The number of rotatable bonds is 5. The largest absolute Gasteiger partial charge is 0.383 e. The molecule has 106 valence electrons. The summed E-state index contributed by atoms with van der Waals surface area (Å²) in [6, 6.07) is 7.58. The zero-order valence-corrected chi connectivity index (χ0v) is 12.0. The molecule has 0 saturated heterocycles. The van der Waals surface area contributed by atoms with Crippen molar-refractivity contribution in [3.63, 3.8) is 0 Å². The molecule has 4 heteroatoms. The number of hydrogen-bond donors (Lipinski definition) is 2. The molecule has 2 aromatic rings. The van der Waals surface area contributed by atoms with Crippen LogP contribution in [0.1, 0.15) is 37.0 Å². The lowest BCUT2D eigenvalue weighted by Crippen LogP contribution is -2.29. The first kappa shape index (κ1) is 14.3. The van der Waals surface area contributed by atoms with Crippen LogP contribution >= 0.6 is 0 Å². The Labute approximate surface area is 119 Å². The van der Waals surface area contributed by atoms with Crippen molar-refractivity contribution >= 4 is 22.5 Å². The molecular weight excluding hydrogens is 250 g/mol. The maximum atomic E-state index is 12.3. The quantitative estimate of drug-likeness (QED) is 0.878. The Morgan fingerprint density at radius 1 is 1.25 bits per heavy atom. The van der Waals surface area contributed by atoms with Crippen molar-refractivity contribution in [1.29, 1.82) is 0 Å². The van der Waals surface area contributed by atoms with E-state index < -0.39 is 0 Å². The van der Waals surface area contributed by atoms with E-state index in [1.54, 1.807) is 6.20 Å². The second-order valence-corrected chi connectivity index (χ2v) is 5.00. The molecule has 0 aliphatic rings. The predicted octanol–water partition coefficient (Wildman–Crippen LogP) is 2.98. The van der Waals surface area contributed by atoms with E-state index >= 15 is 0 Å². The Kier molecular flexibility index (Phi) is 4.56. The molecule has 2 rings (SSSR count). The van der Waals surface area contributed by atoms with E-state index in [2.05, 4.69) is 24.1 Å². The molecule has 0 unspecified atom stereocenters. The van der Waals surface area contributed by atoms with Crippen molar-refractivity contribution < 1.29 is 4.79 Å². The smallest absolute Gasteiger partial charge is 0.253 e. The molecule has 1 aromatic heterocycles. The number of pyridine rings is 1. The van der Waals surface area contributed by atoms with Crippen LogP contribution in [0.3, 0.4) is 0 Å². The Hall–Kier alpha value is -2.10. The predicted molar refractivity (Wildman–Crippen MR) is 82.6 cm³/mol. The van der Waals surface area contributed by atoms with E-state index in [9.17, 15) is 4.79 Å². The highest BCUT2D eigenvalue weighted by atomic mass is 16.1. The topological polar surface area (TPSA) is 68.0 Å². The van der Waals surface area contributed by atoms with Gasteiger partial charge in [-0.15, -0.1) is 0 Å². The van der Waals surface area contributed by atoms with Gasteiger partial charge in [0, 0.05) is 18.1 Å². The third-order valence-electron chi connectivity index (χ3n) is 3.78. The normalized spacial score (nSPS) is 10.9. The number of carbonyl (C=O) groups is 1. The molecular formula is C16H21N3O. The number of aromatic nitrogens is 1. The summed E-state index contributed by atoms with van der Waals surface area (Å²) in [6.45, 7) is 4.98. The molecule has 3 N–H and O–H groups in total. The van der Waals surface area contributed by atoms with Gasteiger partial charge in [0.25, 0.3) is 5.91 Å². The SMILES string of the molecule is CCC(CC)CNC(=O)c1cnc(N)c2ccccc12. The third-order valence-corrected chi connectivity index (χ3v) is 3.78.